The molecule has 7 nitrogen and oxygen atoms in total. The van der Waals surface area contributed by atoms with E-state index in [0.29, 0.717) is 18.7 Å². The molecule has 8 heteroatoms. The van der Waals surface area contributed by atoms with Gasteiger partial charge in [0.25, 0.3) is 5.91 Å². The van der Waals surface area contributed by atoms with E-state index in [4.69, 9.17) is 9.41 Å². The van der Waals surface area contributed by atoms with Crippen LogP contribution in [0.5, 0.6) is 0 Å². The van der Waals surface area contributed by atoms with Crippen LogP contribution in [0.2, 0.25) is 0 Å². The van der Waals surface area contributed by atoms with Gasteiger partial charge in [0.15, 0.2) is 5.96 Å². The molecule has 1 unspecified atom stereocenters. The van der Waals surface area contributed by atoms with Crippen molar-refractivity contribution in [3.8, 4) is 0 Å². The van der Waals surface area contributed by atoms with Gasteiger partial charge in [-0.05, 0) is 63.5 Å². The molecular weight excluding hydrogens is 517 g/mol. The first-order chi connectivity index (χ1) is 15.3. The first kappa shape index (κ1) is 26.2. The van der Waals surface area contributed by atoms with E-state index in [1.54, 1.807) is 6.26 Å². The molecule has 1 aliphatic rings. The predicted octanol–water partition coefficient (Wildman–Crippen LogP) is 3.80. The number of nitrogens with zero attached hydrogens (tertiary/aromatic N) is 2. The quantitative estimate of drug-likeness (QED) is 0.181. The Labute approximate surface area is 208 Å². The molecule has 176 valence electrons. The minimum atomic E-state index is -0.0380. The first-order valence-electron chi connectivity index (χ1n) is 11.4. The molecule has 1 atom stereocenters. The average Bonchev–Trinajstić information content (AvgIpc) is 3.34. The van der Waals surface area contributed by atoms with Crippen LogP contribution >= 0.6 is 24.0 Å². The number of benzene rings is 1. The summed E-state index contributed by atoms with van der Waals surface area (Å²) in [5.41, 5.74) is 0.687. The van der Waals surface area contributed by atoms with Crippen LogP contribution in [0.25, 0.3) is 0 Å². The molecule has 1 aliphatic heterocycles. The minimum Gasteiger partial charge on any atom is -0.468 e. The van der Waals surface area contributed by atoms with Crippen LogP contribution in [0, 0.1) is 0 Å². The monoisotopic (exact) mass is 553 g/mol. The number of hydrogen-bond acceptors (Lipinski definition) is 4. The highest BCUT2D eigenvalue weighted by Gasteiger charge is 2.24. The number of rotatable bonds is 10. The van der Waals surface area contributed by atoms with Gasteiger partial charge in [0.2, 0.25) is 0 Å². The van der Waals surface area contributed by atoms with Crippen LogP contribution in [0.3, 0.4) is 0 Å². The van der Waals surface area contributed by atoms with Gasteiger partial charge in [0, 0.05) is 25.2 Å². The van der Waals surface area contributed by atoms with Crippen molar-refractivity contribution in [3.05, 3.63) is 60.1 Å². The molecule has 0 spiro atoms. The predicted molar refractivity (Wildman–Crippen MR) is 140 cm³/mol. The molecule has 0 radical (unpaired) electrons. The summed E-state index contributed by atoms with van der Waals surface area (Å²) in [7, 11) is 0. The standard InChI is InChI=1S/C24H35N5O2.HI/c1-2-25-24(27-15-10-14-26-23(30)20-11-5-3-6-12-20)28-19-21(22-13-9-18-31-22)29-16-7-4-8-17-29;/h3,5-6,9,11-13,18,21H,2,4,7-8,10,14-17,19H2,1H3,(H,26,30)(H2,25,27,28);1H. The maximum atomic E-state index is 12.1. The second-order valence-electron chi connectivity index (χ2n) is 7.75. The summed E-state index contributed by atoms with van der Waals surface area (Å²) in [4.78, 5) is 19.4. The fraction of sp³-hybridized carbons (Fsp3) is 0.500. The number of piperidine rings is 1. The summed E-state index contributed by atoms with van der Waals surface area (Å²) in [5.74, 6) is 1.74. The lowest BCUT2D eigenvalue weighted by Gasteiger charge is -2.32. The van der Waals surface area contributed by atoms with Crippen LogP contribution in [0.15, 0.2) is 58.1 Å². The lowest BCUT2D eigenvalue weighted by Crippen LogP contribution is -2.40. The number of carbonyl (C=O) groups is 1. The molecule has 32 heavy (non-hydrogen) atoms. The zero-order chi connectivity index (χ0) is 21.7. The second-order valence-corrected chi connectivity index (χ2v) is 7.75. The molecule has 1 amide bonds. The van der Waals surface area contributed by atoms with Crippen molar-refractivity contribution in [2.45, 2.75) is 38.6 Å². The van der Waals surface area contributed by atoms with Crippen molar-refractivity contribution < 1.29 is 9.21 Å². The first-order valence-corrected chi connectivity index (χ1v) is 11.4. The Bertz CT molecular complexity index is 792. The molecule has 0 bridgehead atoms. The summed E-state index contributed by atoms with van der Waals surface area (Å²) < 4.78 is 5.72. The molecule has 3 rings (SSSR count). The molecule has 1 saturated heterocycles. The van der Waals surface area contributed by atoms with Crippen molar-refractivity contribution in [1.29, 1.82) is 0 Å². The smallest absolute Gasteiger partial charge is 0.251 e. The van der Waals surface area contributed by atoms with Crippen LogP contribution in [-0.4, -0.2) is 56.0 Å². The van der Waals surface area contributed by atoms with Gasteiger partial charge in [-0.3, -0.25) is 14.7 Å². The number of furan rings is 1. The maximum Gasteiger partial charge on any atom is 0.251 e. The maximum absolute atomic E-state index is 12.1. The molecule has 0 aliphatic carbocycles. The average molecular weight is 553 g/mol. The van der Waals surface area contributed by atoms with Crippen molar-refractivity contribution in [2.24, 2.45) is 4.99 Å². The van der Waals surface area contributed by atoms with Gasteiger partial charge in [-0.2, -0.15) is 0 Å². The molecule has 0 saturated carbocycles. The number of guanidine groups is 1. The lowest BCUT2D eigenvalue weighted by molar-refractivity contribution is 0.0953. The van der Waals surface area contributed by atoms with Gasteiger partial charge in [0.1, 0.15) is 5.76 Å². The van der Waals surface area contributed by atoms with Crippen LogP contribution in [-0.2, 0) is 0 Å². The summed E-state index contributed by atoms with van der Waals surface area (Å²) in [6, 6.07) is 13.4. The molecule has 3 N–H and O–H groups in total. The van der Waals surface area contributed by atoms with Crippen molar-refractivity contribution >= 4 is 35.8 Å². The Hall–Kier alpha value is -2.07. The van der Waals surface area contributed by atoms with Gasteiger partial charge in [-0.1, -0.05) is 24.6 Å². The van der Waals surface area contributed by atoms with E-state index in [-0.39, 0.29) is 35.9 Å². The highest BCUT2D eigenvalue weighted by atomic mass is 127. The topological polar surface area (TPSA) is 81.9 Å². The zero-order valence-electron chi connectivity index (χ0n) is 18.9. The summed E-state index contributed by atoms with van der Waals surface area (Å²) in [6.45, 7) is 7.03. The Morgan fingerprint density at radius 1 is 1.03 bits per heavy atom. The molecule has 1 aromatic heterocycles. The van der Waals surface area contributed by atoms with E-state index >= 15 is 0 Å². The third-order valence-corrected chi connectivity index (χ3v) is 5.44. The van der Waals surface area contributed by atoms with Gasteiger partial charge in [-0.25, -0.2) is 0 Å². The third-order valence-electron chi connectivity index (χ3n) is 5.44. The number of amides is 1. The number of halogens is 1. The van der Waals surface area contributed by atoms with E-state index in [1.807, 2.05) is 42.5 Å². The van der Waals surface area contributed by atoms with Gasteiger partial charge >= 0.3 is 0 Å². The van der Waals surface area contributed by atoms with Gasteiger partial charge in [0.05, 0.1) is 18.8 Å². The van der Waals surface area contributed by atoms with E-state index in [0.717, 1.165) is 44.3 Å². The number of hydrogen-bond donors (Lipinski definition) is 3. The summed E-state index contributed by atoms with van der Waals surface area (Å²) in [5, 5.41) is 9.65. The highest BCUT2D eigenvalue weighted by Crippen LogP contribution is 2.25. The Morgan fingerprint density at radius 2 is 1.78 bits per heavy atom. The van der Waals surface area contributed by atoms with Gasteiger partial charge in [-0.15, -0.1) is 24.0 Å². The Morgan fingerprint density at radius 3 is 2.47 bits per heavy atom. The minimum absolute atomic E-state index is 0. The van der Waals surface area contributed by atoms with Crippen LogP contribution < -0.4 is 16.0 Å². The van der Waals surface area contributed by atoms with Crippen LogP contribution in [0.1, 0.15) is 54.8 Å². The summed E-state index contributed by atoms with van der Waals surface area (Å²) in [6.07, 6.45) is 6.32. The molecular formula is C24H36IN5O2. The third kappa shape index (κ3) is 8.46. The van der Waals surface area contributed by atoms with Crippen molar-refractivity contribution in [2.75, 3.05) is 39.3 Å². The Balaban J connectivity index is 0.00000363. The van der Waals surface area contributed by atoms with E-state index in [1.165, 1.54) is 19.3 Å². The summed E-state index contributed by atoms with van der Waals surface area (Å²) >= 11 is 0. The number of likely N-dealkylation sites (tertiary alicyclic amines) is 1. The SMILES string of the molecule is CCNC(=NCC(c1ccco1)N1CCCCC1)NCCCNC(=O)c1ccccc1.I. The number of nitrogens with one attached hydrogen (secondary N) is 3. The fourth-order valence-corrected chi connectivity index (χ4v) is 3.80. The van der Waals surface area contributed by atoms with Crippen LogP contribution in [0.4, 0.5) is 0 Å². The van der Waals surface area contributed by atoms with E-state index in [2.05, 4.69) is 27.8 Å². The van der Waals surface area contributed by atoms with Crippen molar-refractivity contribution in [1.82, 2.24) is 20.9 Å². The van der Waals surface area contributed by atoms with E-state index in [9.17, 15) is 4.79 Å². The zero-order valence-corrected chi connectivity index (χ0v) is 21.2. The van der Waals surface area contributed by atoms with Gasteiger partial charge < -0.3 is 20.4 Å². The fourth-order valence-electron chi connectivity index (χ4n) is 3.80. The highest BCUT2D eigenvalue weighted by molar-refractivity contribution is 14.0. The number of aliphatic imine (C=N–C) groups is 1. The largest absolute Gasteiger partial charge is 0.468 e. The molecule has 1 fully saturated rings. The second kappa shape index (κ2) is 14.9. The Kier molecular flexibility index (Phi) is 12.2. The van der Waals surface area contributed by atoms with Crippen molar-refractivity contribution in [3.63, 3.8) is 0 Å². The normalized spacial score (nSPS) is 15.5. The number of carbonyl (C=O) groups excluding carboxylic acids is 1. The lowest BCUT2D eigenvalue weighted by atomic mass is 10.1. The van der Waals surface area contributed by atoms with E-state index < -0.39 is 0 Å². The molecule has 2 heterocycles. The molecule has 2 aromatic rings. The molecule has 1 aromatic carbocycles.